The Morgan fingerprint density at radius 2 is 1.70 bits per heavy atom. The molecule has 2 heterocycles. The highest BCUT2D eigenvalue weighted by Gasteiger charge is 2.26. The second-order valence-electron chi connectivity index (χ2n) is 6.82. The molecule has 2 saturated heterocycles. The number of hydrogen-bond donors (Lipinski definition) is 1. The van der Waals surface area contributed by atoms with Crippen molar-refractivity contribution in [2.24, 2.45) is 5.92 Å². The van der Waals surface area contributed by atoms with Gasteiger partial charge in [0.15, 0.2) is 0 Å². The zero-order valence-corrected chi connectivity index (χ0v) is 15.1. The maximum atomic E-state index is 12.3. The lowest BCUT2D eigenvalue weighted by Gasteiger charge is -2.33. The molecule has 2 aliphatic rings. The molecule has 0 aromatic rings. The Kier molecular flexibility index (Phi) is 6.82. The van der Waals surface area contributed by atoms with Crippen LogP contribution in [0.2, 0.25) is 0 Å². The summed E-state index contributed by atoms with van der Waals surface area (Å²) in [6.07, 6.45) is 4.90. The average Bonchev–Trinajstić information content (AvgIpc) is 2.55. The van der Waals surface area contributed by atoms with Gasteiger partial charge in [-0.15, -0.1) is 0 Å². The van der Waals surface area contributed by atoms with Crippen LogP contribution >= 0.6 is 0 Å². The summed E-state index contributed by atoms with van der Waals surface area (Å²) >= 11 is 0. The third-order valence-corrected chi connectivity index (χ3v) is 6.35. The molecular formula is C15H30N4O3S. The molecule has 134 valence electrons. The molecule has 7 nitrogen and oxygen atoms in total. The monoisotopic (exact) mass is 346 g/mol. The van der Waals surface area contributed by atoms with Gasteiger partial charge >= 0.3 is 0 Å². The van der Waals surface area contributed by atoms with E-state index >= 15 is 0 Å². The number of likely N-dealkylation sites (tertiary alicyclic amines) is 1. The molecule has 8 heteroatoms. The van der Waals surface area contributed by atoms with Crippen LogP contribution in [0.25, 0.3) is 0 Å². The largest absolute Gasteiger partial charge is 0.348 e. The van der Waals surface area contributed by atoms with Crippen molar-refractivity contribution in [3.8, 4) is 0 Å². The summed E-state index contributed by atoms with van der Waals surface area (Å²) in [5.74, 6) is 0.481. The lowest BCUT2D eigenvalue weighted by atomic mass is 9.97. The number of hydrogen-bond acceptors (Lipinski definition) is 4. The van der Waals surface area contributed by atoms with Crippen LogP contribution in [0.5, 0.6) is 0 Å². The van der Waals surface area contributed by atoms with E-state index in [9.17, 15) is 13.2 Å². The third kappa shape index (κ3) is 5.70. The van der Waals surface area contributed by atoms with Crippen molar-refractivity contribution < 1.29 is 13.2 Å². The van der Waals surface area contributed by atoms with Gasteiger partial charge < -0.3 is 4.90 Å². The normalized spacial score (nSPS) is 22.2. The fourth-order valence-electron chi connectivity index (χ4n) is 3.10. The minimum atomic E-state index is -3.32. The van der Waals surface area contributed by atoms with Crippen molar-refractivity contribution in [3.05, 3.63) is 0 Å². The van der Waals surface area contributed by atoms with Crippen molar-refractivity contribution in [2.45, 2.75) is 32.1 Å². The van der Waals surface area contributed by atoms with Crippen molar-refractivity contribution in [2.75, 3.05) is 53.4 Å². The number of likely N-dealkylation sites (N-methyl/N-ethyl adjacent to an activating group) is 1. The fraction of sp³-hybridized carbons (Fsp3) is 0.933. The van der Waals surface area contributed by atoms with E-state index in [0.29, 0.717) is 32.1 Å². The van der Waals surface area contributed by atoms with E-state index in [1.54, 1.807) is 23.3 Å². The zero-order chi connectivity index (χ0) is 16.9. The number of nitrogens with one attached hydrogen (secondary N) is 1. The van der Waals surface area contributed by atoms with Crippen molar-refractivity contribution in [3.63, 3.8) is 0 Å². The quantitative estimate of drug-likeness (QED) is 0.741. The first-order chi connectivity index (χ1) is 10.9. The maximum absolute atomic E-state index is 12.3. The minimum absolute atomic E-state index is 0.120. The maximum Gasteiger partial charge on any atom is 0.279 e. The first-order valence-corrected chi connectivity index (χ1v) is 10.00. The van der Waals surface area contributed by atoms with E-state index in [1.165, 1.54) is 0 Å². The standard InChI is InChI=1S/C15H30N4O3S/c1-17(2)15(20)13-18-10-6-14(7-11-18)12-16-23(21,22)19-8-4-3-5-9-19/h14,16H,3-13H2,1-2H3. The molecule has 0 saturated carbocycles. The van der Waals surface area contributed by atoms with E-state index in [0.717, 1.165) is 45.2 Å². The van der Waals surface area contributed by atoms with Gasteiger partial charge in [-0.25, -0.2) is 4.72 Å². The lowest BCUT2D eigenvalue weighted by Crippen LogP contribution is -2.47. The molecule has 0 radical (unpaired) electrons. The van der Waals surface area contributed by atoms with E-state index < -0.39 is 10.2 Å². The van der Waals surface area contributed by atoms with Crippen LogP contribution in [0.4, 0.5) is 0 Å². The second-order valence-corrected chi connectivity index (χ2v) is 8.58. The minimum Gasteiger partial charge on any atom is -0.348 e. The zero-order valence-electron chi connectivity index (χ0n) is 14.3. The molecule has 1 amide bonds. The average molecular weight is 346 g/mol. The number of carbonyl (C=O) groups is 1. The number of carbonyl (C=O) groups excluding carboxylic acids is 1. The van der Waals surface area contributed by atoms with Gasteiger partial charge in [-0.3, -0.25) is 9.69 Å². The molecule has 1 N–H and O–H groups in total. The first kappa shape index (κ1) is 18.6. The fourth-order valence-corrected chi connectivity index (χ4v) is 4.47. The molecular weight excluding hydrogens is 316 g/mol. The molecule has 0 aromatic carbocycles. The van der Waals surface area contributed by atoms with E-state index in [-0.39, 0.29) is 5.91 Å². The summed E-state index contributed by atoms with van der Waals surface area (Å²) in [6.45, 7) is 3.96. The summed E-state index contributed by atoms with van der Waals surface area (Å²) in [7, 11) is 0.219. The molecule has 0 aliphatic carbocycles. The Morgan fingerprint density at radius 3 is 2.26 bits per heavy atom. The van der Waals surface area contributed by atoms with E-state index in [1.807, 2.05) is 0 Å². The first-order valence-electron chi connectivity index (χ1n) is 8.56. The topological polar surface area (TPSA) is 73.0 Å². The van der Waals surface area contributed by atoms with Crippen LogP contribution in [0, 0.1) is 5.92 Å². The van der Waals surface area contributed by atoms with Crippen LogP contribution in [0.1, 0.15) is 32.1 Å². The molecule has 0 bridgehead atoms. The number of piperidine rings is 2. The van der Waals surface area contributed by atoms with Crippen molar-refractivity contribution in [1.29, 1.82) is 0 Å². The van der Waals surface area contributed by atoms with Gasteiger partial charge in [0.1, 0.15) is 0 Å². The van der Waals surface area contributed by atoms with Crippen LogP contribution in [-0.4, -0.2) is 81.8 Å². The van der Waals surface area contributed by atoms with Crippen LogP contribution in [-0.2, 0) is 15.0 Å². The Balaban J connectivity index is 1.71. The van der Waals surface area contributed by atoms with Gasteiger partial charge in [0.25, 0.3) is 10.2 Å². The Labute approximate surface area is 140 Å². The van der Waals surface area contributed by atoms with Crippen molar-refractivity contribution >= 4 is 16.1 Å². The van der Waals surface area contributed by atoms with Gasteiger partial charge in [0, 0.05) is 33.7 Å². The van der Waals surface area contributed by atoms with E-state index in [2.05, 4.69) is 9.62 Å². The predicted molar refractivity (Wildman–Crippen MR) is 90.2 cm³/mol. The van der Waals surface area contributed by atoms with Gasteiger partial charge in [0.2, 0.25) is 5.91 Å². The van der Waals surface area contributed by atoms with Crippen LogP contribution in [0.3, 0.4) is 0 Å². The molecule has 23 heavy (non-hydrogen) atoms. The Bertz CT molecular complexity index is 481. The smallest absolute Gasteiger partial charge is 0.279 e. The SMILES string of the molecule is CN(C)C(=O)CN1CCC(CNS(=O)(=O)N2CCCCC2)CC1. The highest BCUT2D eigenvalue weighted by atomic mass is 32.2. The lowest BCUT2D eigenvalue weighted by molar-refractivity contribution is -0.130. The summed E-state index contributed by atoms with van der Waals surface area (Å²) in [5.41, 5.74) is 0. The molecule has 0 spiro atoms. The molecule has 0 aromatic heterocycles. The highest BCUT2D eigenvalue weighted by molar-refractivity contribution is 7.87. The Morgan fingerprint density at radius 1 is 1.09 bits per heavy atom. The van der Waals surface area contributed by atoms with Crippen LogP contribution < -0.4 is 4.72 Å². The molecule has 2 rings (SSSR count). The van der Waals surface area contributed by atoms with Crippen LogP contribution in [0.15, 0.2) is 0 Å². The summed E-state index contributed by atoms with van der Waals surface area (Å²) in [5, 5.41) is 0. The third-order valence-electron chi connectivity index (χ3n) is 4.77. The molecule has 0 atom stereocenters. The molecule has 2 fully saturated rings. The number of nitrogens with zero attached hydrogens (tertiary/aromatic N) is 3. The summed E-state index contributed by atoms with van der Waals surface area (Å²) < 4.78 is 28.9. The van der Waals surface area contributed by atoms with Gasteiger partial charge in [0.05, 0.1) is 6.54 Å². The number of amides is 1. The molecule has 2 aliphatic heterocycles. The Hall–Kier alpha value is -0.700. The van der Waals surface area contributed by atoms with Crippen molar-refractivity contribution in [1.82, 2.24) is 18.8 Å². The highest BCUT2D eigenvalue weighted by Crippen LogP contribution is 2.17. The molecule has 0 unspecified atom stereocenters. The number of rotatable bonds is 6. The summed E-state index contributed by atoms with van der Waals surface area (Å²) in [6, 6.07) is 0. The van der Waals surface area contributed by atoms with Gasteiger partial charge in [-0.2, -0.15) is 12.7 Å². The predicted octanol–water partition coefficient (Wildman–Crippen LogP) is 0.107. The van der Waals surface area contributed by atoms with Gasteiger partial charge in [-0.1, -0.05) is 6.42 Å². The van der Waals surface area contributed by atoms with E-state index in [4.69, 9.17) is 0 Å². The second kappa shape index (κ2) is 8.41. The van der Waals surface area contributed by atoms with Gasteiger partial charge in [-0.05, 0) is 44.7 Å². The summed E-state index contributed by atoms with van der Waals surface area (Å²) in [4.78, 5) is 15.5.